The van der Waals surface area contributed by atoms with Gasteiger partial charge in [0.15, 0.2) is 11.6 Å². The molecule has 0 bridgehead atoms. The van der Waals surface area contributed by atoms with Crippen molar-refractivity contribution < 1.29 is 13.2 Å². The number of aromatic nitrogens is 3. The Kier molecular flexibility index (Phi) is 4.02. The summed E-state index contributed by atoms with van der Waals surface area (Å²) in [6, 6.07) is 8.10. The van der Waals surface area contributed by atoms with Crippen LogP contribution in [0.4, 0.5) is 13.2 Å². The minimum atomic E-state index is -1.10. The highest BCUT2D eigenvalue weighted by Crippen LogP contribution is 2.26. The first-order valence-corrected chi connectivity index (χ1v) is 8.50. The molecule has 0 radical (unpaired) electrons. The molecule has 0 aliphatic heterocycles. The summed E-state index contributed by atoms with van der Waals surface area (Å²) in [5, 5.41) is 0.390. The van der Waals surface area contributed by atoms with E-state index in [2.05, 4.69) is 9.97 Å². The zero-order valence-electron chi connectivity index (χ0n) is 14.7. The van der Waals surface area contributed by atoms with Crippen molar-refractivity contribution in [2.24, 2.45) is 0 Å². The number of halogens is 3. The lowest BCUT2D eigenvalue weighted by Gasteiger charge is -2.13. The van der Waals surface area contributed by atoms with E-state index in [1.807, 2.05) is 13.8 Å². The highest BCUT2D eigenvalue weighted by atomic mass is 19.2. The Balaban J connectivity index is 1.98. The number of aromatic amines is 1. The molecular weight excluding hydrogens is 355 g/mol. The van der Waals surface area contributed by atoms with E-state index < -0.39 is 23.0 Å². The fraction of sp³-hybridized carbons (Fsp3) is 0.200. The second-order valence-corrected chi connectivity index (χ2v) is 6.79. The van der Waals surface area contributed by atoms with Gasteiger partial charge in [0.25, 0.3) is 0 Å². The molecule has 138 valence electrons. The van der Waals surface area contributed by atoms with Crippen LogP contribution in [0.15, 0.2) is 41.2 Å². The van der Waals surface area contributed by atoms with Crippen molar-refractivity contribution in [3.8, 4) is 0 Å². The lowest BCUT2D eigenvalue weighted by Crippen LogP contribution is -2.13. The summed E-state index contributed by atoms with van der Waals surface area (Å²) < 4.78 is 43.3. The smallest absolute Gasteiger partial charge is 0.248 e. The van der Waals surface area contributed by atoms with Crippen LogP contribution in [0.2, 0.25) is 0 Å². The molecule has 4 nitrogen and oxygen atoms in total. The number of imidazole rings is 1. The normalized spacial score (nSPS) is 11.8. The van der Waals surface area contributed by atoms with Crippen molar-refractivity contribution >= 4 is 21.9 Å². The van der Waals surface area contributed by atoms with Crippen LogP contribution in [0.5, 0.6) is 0 Å². The largest absolute Gasteiger partial charge is 0.323 e. The fourth-order valence-electron chi connectivity index (χ4n) is 3.36. The number of nitrogens with zero attached hydrogens (tertiary/aromatic N) is 2. The number of benzene rings is 2. The molecule has 0 saturated carbocycles. The van der Waals surface area contributed by atoms with E-state index in [0.29, 0.717) is 27.8 Å². The molecular formula is C20H16F3N3O. The van der Waals surface area contributed by atoms with Gasteiger partial charge in [-0.2, -0.15) is 0 Å². The van der Waals surface area contributed by atoms with Gasteiger partial charge in [-0.25, -0.2) is 18.2 Å². The van der Waals surface area contributed by atoms with Crippen molar-refractivity contribution in [2.75, 3.05) is 0 Å². The van der Waals surface area contributed by atoms with Crippen LogP contribution < -0.4 is 5.56 Å². The molecule has 1 N–H and O–H groups in total. The quantitative estimate of drug-likeness (QED) is 0.578. The molecule has 4 rings (SSSR count). The number of fused-ring (bicyclic) bond motifs is 2. The fourth-order valence-corrected chi connectivity index (χ4v) is 3.36. The number of rotatable bonds is 3. The number of pyridine rings is 1. The van der Waals surface area contributed by atoms with Gasteiger partial charge >= 0.3 is 0 Å². The monoisotopic (exact) mass is 371 g/mol. The minimum absolute atomic E-state index is 0.0444. The molecule has 2 aromatic heterocycles. The summed E-state index contributed by atoms with van der Waals surface area (Å²) in [6.45, 7) is 4.09. The summed E-state index contributed by atoms with van der Waals surface area (Å²) in [4.78, 5) is 18.9. The van der Waals surface area contributed by atoms with Crippen molar-refractivity contribution in [2.45, 2.75) is 26.3 Å². The maximum atomic E-state index is 14.1. The molecule has 0 atom stereocenters. The number of hydrogen-bond acceptors (Lipinski definition) is 2. The second-order valence-electron chi connectivity index (χ2n) is 6.79. The Bertz CT molecular complexity index is 1240. The molecule has 0 aliphatic rings. The van der Waals surface area contributed by atoms with Crippen molar-refractivity contribution in [3.63, 3.8) is 0 Å². The summed E-state index contributed by atoms with van der Waals surface area (Å²) in [5.74, 6) is -1.78. The van der Waals surface area contributed by atoms with E-state index in [-0.39, 0.29) is 18.0 Å². The van der Waals surface area contributed by atoms with Crippen LogP contribution >= 0.6 is 0 Å². The minimum Gasteiger partial charge on any atom is -0.323 e. The lowest BCUT2D eigenvalue weighted by atomic mass is 10.1. The van der Waals surface area contributed by atoms with Crippen LogP contribution in [0.3, 0.4) is 0 Å². The van der Waals surface area contributed by atoms with Gasteiger partial charge in [0, 0.05) is 17.4 Å². The summed E-state index contributed by atoms with van der Waals surface area (Å²) in [5.41, 5.74) is 0.988. The van der Waals surface area contributed by atoms with E-state index in [1.165, 1.54) is 24.3 Å². The third-order valence-electron chi connectivity index (χ3n) is 4.58. The van der Waals surface area contributed by atoms with Gasteiger partial charge in [0.1, 0.15) is 11.6 Å². The van der Waals surface area contributed by atoms with Gasteiger partial charge in [-0.15, -0.1) is 0 Å². The first kappa shape index (κ1) is 17.3. The van der Waals surface area contributed by atoms with Gasteiger partial charge in [0.2, 0.25) is 5.56 Å². The first-order chi connectivity index (χ1) is 12.8. The topological polar surface area (TPSA) is 50.7 Å². The highest BCUT2D eigenvalue weighted by Gasteiger charge is 2.17. The third kappa shape index (κ3) is 2.89. The van der Waals surface area contributed by atoms with Crippen LogP contribution in [0, 0.1) is 17.5 Å². The van der Waals surface area contributed by atoms with Gasteiger partial charge in [-0.05, 0) is 35.9 Å². The molecule has 4 aromatic rings. The molecule has 0 spiro atoms. The van der Waals surface area contributed by atoms with Crippen molar-refractivity contribution in [1.29, 1.82) is 0 Å². The summed E-state index contributed by atoms with van der Waals surface area (Å²) in [6.07, 6.45) is 0. The molecule has 0 amide bonds. The Morgan fingerprint density at radius 3 is 2.63 bits per heavy atom. The van der Waals surface area contributed by atoms with E-state index in [0.717, 1.165) is 6.07 Å². The molecule has 2 heterocycles. The number of hydrogen-bond donors (Lipinski definition) is 1. The molecule has 0 unspecified atom stereocenters. The average molecular weight is 371 g/mol. The van der Waals surface area contributed by atoms with Crippen LogP contribution in [0.1, 0.15) is 31.2 Å². The molecule has 7 heteroatoms. The summed E-state index contributed by atoms with van der Waals surface area (Å²) in [7, 11) is 0. The lowest BCUT2D eigenvalue weighted by molar-refractivity contribution is 0.515. The Morgan fingerprint density at radius 1 is 1.11 bits per heavy atom. The zero-order chi connectivity index (χ0) is 19.3. The average Bonchev–Trinajstić information content (AvgIpc) is 2.96. The Labute approximate surface area is 152 Å². The van der Waals surface area contributed by atoms with Crippen molar-refractivity contribution in [1.82, 2.24) is 14.5 Å². The maximum absolute atomic E-state index is 14.1. The highest BCUT2D eigenvalue weighted by molar-refractivity contribution is 5.83. The number of nitrogens with one attached hydrogen (secondary N) is 1. The van der Waals surface area contributed by atoms with Gasteiger partial charge in [0.05, 0.1) is 23.1 Å². The Morgan fingerprint density at radius 2 is 1.89 bits per heavy atom. The van der Waals surface area contributed by atoms with Gasteiger partial charge in [-0.1, -0.05) is 13.8 Å². The maximum Gasteiger partial charge on any atom is 0.248 e. The summed E-state index contributed by atoms with van der Waals surface area (Å²) >= 11 is 0. The molecule has 0 aliphatic carbocycles. The van der Waals surface area contributed by atoms with Crippen LogP contribution in [-0.4, -0.2) is 14.5 Å². The third-order valence-corrected chi connectivity index (χ3v) is 4.58. The van der Waals surface area contributed by atoms with Gasteiger partial charge in [-0.3, -0.25) is 4.79 Å². The first-order valence-electron chi connectivity index (χ1n) is 8.50. The van der Waals surface area contributed by atoms with Crippen LogP contribution in [0.25, 0.3) is 21.9 Å². The Hall–Kier alpha value is -3.09. The second kappa shape index (κ2) is 6.26. The standard InChI is InChI=1S/C20H16F3N3O/c1-10(2)20-24-15-6-3-12(21)8-16(15)26(20)9-11-7-17(27)25-19-13(11)4-5-14(22)18(19)23/h3-8,10H,9H2,1-2H3,(H,25,27). The van der Waals surface area contributed by atoms with Crippen LogP contribution in [-0.2, 0) is 6.54 Å². The van der Waals surface area contributed by atoms with E-state index in [9.17, 15) is 18.0 Å². The SMILES string of the molecule is CC(C)c1nc2ccc(F)cc2n1Cc1cc(=O)[nH]c2c(F)c(F)ccc12. The molecule has 27 heavy (non-hydrogen) atoms. The van der Waals surface area contributed by atoms with E-state index >= 15 is 0 Å². The molecule has 0 saturated heterocycles. The van der Waals surface area contributed by atoms with Gasteiger partial charge < -0.3 is 9.55 Å². The predicted octanol–water partition coefficient (Wildman–Crippen LogP) is 4.47. The predicted molar refractivity (Wildman–Crippen MR) is 97.4 cm³/mol. The van der Waals surface area contributed by atoms with E-state index in [4.69, 9.17) is 0 Å². The number of H-pyrrole nitrogens is 1. The molecule has 2 aromatic carbocycles. The van der Waals surface area contributed by atoms with Crippen molar-refractivity contribution in [3.05, 3.63) is 75.6 Å². The zero-order valence-corrected chi connectivity index (χ0v) is 14.7. The van der Waals surface area contributed by atoms with E-state index in [1.54, 1.807) is 10.6 Å². The molecule has 0 fully saturated rings.